The van der Waals surface area contributed by atoms with Crippen molar-refractivity contribution in [1.82, 2.24) is 0 Å². The van der Waals surface area contributed by atoms with Gasteiger partial charge in [0.05, 0.1) is 31.0 Å². The normalized spacial score (nSPS) is 10.0. The molecular formula is C24H21N3O6. The molecule has 2 amide bonds. The summed E-state index contributed by atoms with van der Waals surface area (Å²) in [7, 11) is 2.37. The van der Waals surface area contributed by atoms with Crippen LogP contribution in [0.4, 0.5) is 22.7 Å². The lowest BCUT2D eigenvalue weighted by molar-refractivity contribution is -0.133. The molecule has 0 fully saturated rings. The van der Waals surface area contributed by atoms with E-state index in [4.69, 9.17) is 0 Å². The van der Waals surface area contributed by atoms with Crippen molar-refractivity contribution in [3.8, 4) is 0 Å². The summed E-state index contributed by atoms with van der Waals surface area (Å²) >= 11 is 0. The van der Waals surface area contributed by atoms with Crippen LogP contribution in [0.15, 0.2) is 72.8 Å². The Labute approximate surface area is 189 Å². The summed E-state index contributed by atoms with van der Waals surface area (Å²) < 4.78 is 9.33. The fourth-order valence-corrected chi connectivity index (χ4v) is 2.87. The van der Waals surface area contributed by atoms with Crippen LogP contribution < -0.4 is 16.0 Å². The van der Waals surface area contributed by atoms with E-state index in [9.17, 15) is 19.2 Å². The van der Waals surface area contributed by atoms with Crippen LogP contribution in [0.5, 0.6) is 0 Å². The fraction of sp³-hybridized carbons (Fsp3) is 0.0833. The Hall–Kier alpha value is -4.66. The van der Waals surface area contributed by atoms with Gasteiger partial charge in [0.2, 0.25) is 0 Å². The van der Waals surface area contributed by atoms with Gasteiger partial charge in [0.1, 0.15) is 0 Å². The molecule has 3 aromatic carbocycles. The number of nitrogens with one attached hydrogen (secondary N) is 3. The number of rotatable bonds is 6. The van der Waals surface area contributed by atoms with Crippen LogP contribution in [0.2, 0.25) is 0 Å². The molecule has 0 heterocycles. The van der Waals surface area contributed by atoms with Crippen molar-refractivity contribution < 1.29 is 28.7 Å². The molecule has 0 saturated carbocycles. The van der Waals surface area contributed by atoms with Crippen molar-refractivity contribution in [3.63, 3.8) is 0 Å². The molecule has 9 nitrogen and oxygen atoms in total. The third-order valence-corrected chi connectivity index (χ3v) is 4.51. The number of hydrogen-bond acceptors (Lipinski definition) is 7. The number of benzene rings is 3. The Morgan fingerprint density at radius 1 is 0.636 bits per heavy atom. The first-order valence-corrected chi connectivity index (χ1v) is 9.76. The molecule has 0 aliphatic carbocycles. The standard InChI is InChI=1S/C24H21N3O6/c1-32-23(30)15-8-13-19(24(31)33-2)20(14-15)27-22(29)21(28)26-18-11-9-17(10-12-18)25-16-6-4-3-5-7-16/h3-14,25H,1-2H3,(H,26,28)(H,27,29). The van der Waals surface area contributed by atoms with Crippen LogP contribution in [-0.4, -0.2) is 38.0 Å². The predicted octanol–water partition coefficient (Wildman–Crippen LogP) is 3.58. The second-order valence-corrected chi connectivity index (χ2v) is 6.72. The zero-order valence-electron chi connectivity index (χ0n) is 17.9. The molecule has 0 atom stereocenters. The van der Waals surface area contributed by atoms with Crippen LogP contribution >= 0.6 is 0 Å². The van der Waals surface area contributed by atoms with E-state index in [1.54, 1.807) is 24.3 Å². The third kappa shape index (κ3) is 5.95. The zero-order valence-corrected chi connectivity index (χ0v) is 17.9. The van der Waals surface area contributed by atoms with Gasteiger partial charge in [-0.25, -0.2) is 9.59 Å². The fourth-order valence-electron chi connectivity index (χ4n) is 2.87. The van der Waals surface area contributed by atoms with E-state index < -0.39 is 23.8 Å². The van der Waals surface area contributed by atoms with E-state index in [1.807, 2.05) is 30.3 Å². The second-order valence-electron chi connectivity index (χ2n) is 6.72. The Bertz CT molecular complexity index is 1180. The molecular weight excluding hydrogens is 426 g/mol. The van der Waals surface area contributed by atoms with Crippen molar-refractivity contribution in [3.05, 3.63) is 83.9 Å². The van der Waals surface area contributed by atoms with Crippen molar-refractivity contribution >= 4 is 46.5 Å². The number of ether oxygens (including phenoxy) is 2. The van der Waals surface area contributed by atoms with Crippen LogP contribution in [-0.2, 0) is 19.1 Å². The number of carbonyl (C=O) groups excluding carboxylic acids is 4. The summed E-state index contributed by atoms with van der Waals surface area (Å²) in [6, 6.07) is 20.2. The maximum absolute atomic E-state index is 12.4. The highest BCUT2D eigenvalue weighted by Crippen LogP contribution is 2.21. The highest BCUT2D eigenvalue weighted by molar-refractivity contribution is 6.44. The molecule has 3 aromatic rings. The molecule has 0 bridgehead atoms. The van der Waals surface area contributed by atoms with Gasteiger partial charge in [-0.2, -0.15) is 0 Å². The van der Waals surface area contributed by atoms with Gasteiger partial charge in [0.15, 0.2) is 0 Å². The van der Waals surface area contributed by atoms with Gasteiger partial charge < -0.3 is 25.4 Å². The van der Waals surface area contributed by atoms with E-state index >= 15 is 0 Å². The summed E-state index contributed by atoms with van der Waals surface area (Å²) in [6.45, 7) is 0. The van der Waals surface area contributed by atoms with E-state index in [0.29, 0.717) is 5.69 Å². The number of para-hydroxylation sites is 1. The molecule has 0 unspecified atom stereocenters. The molecule has 0 aliphatic heterocycles. The number of methoxy groups -OCH3 is 2. The lowest BCUT2D eigenvalue weighted by Gasteiger charge is -2.12. The Morgan fingerprint density at radius 2 is 1.21 bits per heavy atom. The number of amides is 2. The first-order chi connectivity index (χ1) is 15.9. The molecule has 9 heteroatoms. The maximum atomic E-state index is 12.4. The summed E-state index contributed by atoms with van der Waals surface area (Å²) in [5.74, 6) is -3.41. The smallest absolute Gasteiger partial charge is 0.339 e. The van der Waals surface area contributed by atoms with Gasteiger partial charge in [-0.3, -0.25) is 9.59 Å². The minimum Gasteiger partial charge on any atom is -0.465 e. The van der Waals surface area contributed by atoms with E-state index in [-0.39, 0.29) is 16.8 Å². The number of carbonyl (C=O) groups is 4. The van der Waals surface area contributed by atoms with Crippen LogP contribution in [0.3, 0.4) is 0 Å². The largest absolute Gasteiger partial charge is 0.465 e. The lowest BCUT2D eigenvalue weighted by atomic mass is 10.1. The maximum Gasteiger partial charge on any atom is 0.339 e. The molecule has 33 heavy (non-hydrogen) atoms. The van der Waals surface area contributed by atoms with Crippen LogP contribution in [0.25, 0.3) is 0 Å². The highest BCUT2D eigenvalue weighted by Gasteiger charge is 2.20. The molecule has 168 valence electrons. The third-order valence-electron chi connectivity index (χ3n) is 4.51. The number of anilines is 4. The van der Waals surface area contributed by atoms with Gasteiger partial charge >= 0.3 is 23.8 Å². The SMILES string of the molecule is COC(=O)c1ccc(C(=O)OC)c(NC(=O)C(=O)Nc2ccc(Nc3ccccc3)cc2)c1. The van der Waals surface area contributed by atoms with E-state index in [1.165, 1.54) is 32.4 Å². The second kappa shape index (κ2) is 10.6. The minimum absolute atomic E-state index is 0.0253. The highest BCUT2D eigenvalue weighted by atomic mass is 16.5. The van der Waals surface area contributed by atoms with E-state index in [2.05, 4.69) is 25.4 Å². The molecule has 0 spiro atoms. The van der Waals surface area contributed by atoms with Crippen LogP contribution in [0.1, 0.15) is 20.7 Å². The van der Waals surface area contributed by atoms with Crippen molar-refractivity contribution in [2.45, 2.75) is 0 Å². The Balaban J connectivity index is 1.69. The van der Waals surface area contributed by atoms with Gasteiger partial charge in [-0.15, -0.1) is 0 Å². The quantitative estimate of drug-likeness (QED) is 0.390. The number of esters is 2. The lowest BCUT2D eigenvalue weighted by Crippen LogP contribution is -2.30. The number of hydrogen-bond donors (Lipinski definition) is 3. The average molecular weight is 447 g/mol. The molecule has 0 saturated heterocycles. The van der Waals surface area contributed by atoms with Gasteiger partial charge in [0, 0.05) is 17.1 Å². The summed E-state index contributed by atoms with van der Waals surface area (Å²) in [4.78, 5) is 48.6. The molecule has 3 N–H and O–H groups in total. The van der Waals surface area contributed by atoms with Crippen molar-refractivity contribution in [1.29, 1.82) is 0 Å². The van der Waals surface area contributed by atoms with Gasteiger partial charge in [0.25, 0.3) is 0 Å². The molecule has 0 aromatic heterocycles. The zero-order chi connectivity index (χ0) is 23.8. The van der Waals surface area contributed by atoms with Crippen LogP contribution in [0, 0.1) is 0 Å². The average Bonchev–Trinajstić information content (AvgIpc) is 2.84. The molecule has 0 radical (unpaired) electrons. The Kier molecular flexibility index (Phi) is 7.38. The molecule has 3 rings (SSSR count). The monoisotopic (exact) mass is 447 g/mol. The van der Waals surface area contributed by atoms with Crippen molar-refractivity contribution in [2.75, 3.05) is 30.2 Å². The van der Waals surface area contributed by atoms with Gasteiger partial charge in [-0.1, -0.05) is 18.2 Å². The predicted molar refractivity (Wildman–Crippen MR) is 123 cm³/mol. The minimum atomic E-state index is -1.03. The Morgan fingerprint density at radius 3 is 1.85 bits per heavy atom. The summed E-state index contributed by atoms with van der Waals surface area (Å²) in [6.07, 6.45) is 0. The first kappa shape index (κ1) is 23.0. The summed E-state index contributed by atoms with van der Waals surface area (Å²) in [5.41, 5.74) is 2.10. The summed E-state index contributed by atoms with van der Waals surface area (Å²) in [5, 5.41) is 8.02. The topological polar surface area (TPSA) is 123 Å². The molecule has 0 aliphatic rings. The van der Waals surface area contributed by atoms with E-state index in [0.717, 1.165) is 11.4 Å². The van der Waals surface area contributed by atoms with Crippen molar-refractivity contribution in [2.24, 2.45) is 0 Å². The first-order valence-electron chi connectivity index (χ1n) is 9.76. The van der Waals surface area contributed by atoms with Gasteiger partial charge in [-0.05, 0) is 54.6 Å².